The van der Waals surface area contributed by atoms with E-state index in [1.165, 1.54) is 53.9 Å². The van der Waals surface area contributed by atoms with Gasteiger partial charge >= 0.3 is 0 Å². The van der Waals surface area contributed by atoms with Gasteiger partial charge in [0.05, 0.1) is 4.88 Å². The van der Waals surface area contributed by atoms with E-state index < -0.39 is 6.04 Å². The number of aryl methyl sites for hydroxylation is 2. The molecule has 7 heteroatoms. The lowest BCUT2D eigenvalue weighted by Gasteiger charge is -2.55. The van der Waals surface area contributed by atoms with Crippen LogP contribution in [0.25, 0.3) is 0 Å². The predicted molar refractivity (Wildman–Crippen MR) is 124 cm³/mol. The fraction of sp³-hybridized carbons (Fsp3) is 0.720. The number of rotatable bonds is 5. The summed E-state index contributed by atoms with van der Waals surface area (Å²) in [5, 5.41) is 3.08. The number of hydrazine groups is 1. The summed E-state index contributed by atoms with van der Waals surface area (Å²) in [6.45, 7) is 3.86. The summed E-state index contributed by atoms with van der Waals surface area (Å²) < 4.78 is 0. The number of carbonyl (C=O) groups excluding carboxylic acids is 3. The number of nitrogens with one attached hydrogen (secondary N) is 3. The lowest BCUT2D eigenvalue weighted by atomic mass is 9.49. The first-order valence-electron chi connectivity index (χ1n) is 12.4. The summed E-state index contributed by atoms with van der Waals surface area (Å²) in [5.74, 6) is 1.36. The largest absolute Gasteiger partial charge is 0.344 e. The molecule has 1 unspecified atom stereocenters. The van der Waals surface area contributed by atoms with Crippen LogP contribution in [-0.4, -0.2) is 23.8 Å². The van der Waals surface area contributed by atoms with Crippen molar-refractivity contribution in [3.05, 3.63) is 21.4 Å². The highest BCUT2D eigenvalue weighted by Gasteiger charge is 2.55. The Morgan fingerprint density at radius 2 is 1.59 bits per heavy atom. The number of hydrogen-bond donors (Lipinski definition) is 3. The van der Waals surface area contributed by atoms with E-state index in [0.717, 1.165) is 32.1 Å². The van der Waals surface area contributed by atoms with Gasteiger partial charge in [-0.1, -0.05) is 13.8 Å². The second kappa shape index (κ2) is 8.47. The van der Waals surface area contributed by atoms with Crippen LogP contribution in [0.1, 0.15) is 85.3 Å². The van der Waals surface area contributed by atoms with Crippen molar-refractivity contribution in [3.8, 4) is 0 Å². The van der Waals surface area contributed by atoms with E-state index in [1.54, 1.807) is 0 Å². The van der Waals surface area contributed by atoms with Gasteiger partial charge < -0.3 is 5.32 Å². The smallest absolute Gasteiger partial charge is 0.279 e. The van der Waals surface area contributed by atoms with E-state index in [2.05, 4.69) is 16.2 Å². The van der Waals surface area contributed by atoms with E-state index in [1.807, 2.05) is 19.9 Å². The van der Waals surface area contributed by atoms with Gasteiger partial charge in [0.1, 0.15) is 6.04 Å². The first-order chi connectivity index (χ1) is 15.3. The Hall–Kier alpha value is -1.89. The zero-order valence-corrected chi connectivity index (χ0v) is 20.0. The summed E-state index contributed by atoms with van der Waals surface area (Å²) in [7, 11) is 0. The molecule has 4 bridgehead atoms. The Bertz CT molecular complexity index is 863. The van der Waals surface area contributed by atoms with Crippen LogP contribution in [0.3, 0.4) is 0 Å². The molecule has 1 heterocycles. The molecule has 32 heavy (non-hydrogen) atoms. The average Bonchev–Trinajstić information content (AvgIpc) is 3.18. The van der Waals surface area contributed by atoms with Crippen LogP contribution < -0.4 is 16.2 Å². The van der Waals surface area contributed by atoms with E-state index in [9.17, 15) is 14.4 Å². The molecule has 6 rings (SSSR count). The van der Waals surface area contributed by atoms with Crippen LogP contribution in [0.15, 0.2) is 6.07 Å². The van der Waals surface area contributed by atoms with Gasteiger partial charge in [0.15, 0.2) is 0 Å². The summed E-state index contributed by atoms with van der Waals surface area (Å²) in [6, 6.07) is 1.29. The summed E-state index contributed by atoms with van der Waals surface area (Å²) in [5.41, 5.74) is 6.12. The minimum Gasteiger partial charge on any atom is -0.344 e. The van der Waals surface area contributed by atoms with Crippen molar-refractivity contribution in [2.45, 2.75) is 84.1 Å². The minimum atomic E-state index is -0.660. The molecule has 1 atom stereocenters. The van der Waals surface area contributed by atoms with Crippen molar-refractivity contribution in [2.75, 3.05) is 0 Å². The van der Waals surface area contributed by atoms with Gasteiger partial charge in [-0.05, 0) is 99.5 Å². The summed E-state index contributed by atoms with van der Waals surface area (Å²) in [4.78, 5) is 40.9. The van der Waals surface area contributed by atoms with Crippen molar-refractivity contribution in [2.24, 2.45) is 29.1 Å². The molecule has 6 nitrogen and oxygen atoms in total. The van der Waals surface area contributed by atoms with E-state index in [-0.39, 0.29) is 29.1 Å². The fourth-order valence-electron chi connectivity index (χ4n) is 7.08. The summed E-state index contributed by atoms with van der Waals surface area (Å²) >= 11 is 1.52. The molecule has 0 radical (unpaired) electrons. The third-order valence-corrected chi connectivity index (χ3v) is 9.51. The molecular weight excluding hydrogens is 422 g/mol. The molecule has 5 aliphatic carbocycles. The monoisotopic (exact) mass is 457 g/mol. The van der Waals surface area contributed by atoms with Crippen LogP contribution >= 0.6 is 11.3 Å². The number of thiophene rings is 1. The normalized spacial score (nSPS) is 31.2. The van der Waals surface area contributed by atoms with Crippen LogP contribution in [0, 0.1) is 29.1 Å². The van der Waals surface area contributed by atoms with Gasteiger partial charge in [-0.15, -0.1) is 11.3 Å². The third-order valence-electron chi connectivity index (χ3n) is 8.28. The van der Waals surface area contributed by atoms with Crippen LogP contribution in [0.4, 0.5) is 0 Å². The topological polar surface area (TPSA) is 87.3 Å². The molecule has 0 aromatic carbocycles. The number of carbonyl (C=O) groups is 3. The van der Waals surface area contributed by atoms with Gasteiger partial charge in [0.2, 0.25) is 5.91 Å². The molecule has 3 N–H and O–H groups in total. The molecule has 0 aliphatic heterocycles. The predicted octanol–water partition coefficient (Wildman–Crippen LogP) is 3.75. The average molecular weight is 458 g/mol. The molecule has 0 spiro atoms. The lowest BCUT2D eigenvalue weighted by molar-refractivity contribution is -0.149. The SMILES string of the molecule is CC(C)C(NC(=O)C12CC3CC(CC(C3)C1)C2)C(=O)NNC(=O)c1cc2c(s1)CCCC2. The Morgan fingerprint density at radius 3 is 2.19 bits per heavy atom. The van der Waals surface area contributed by atoms with Gasteiger partial charge in [-0.25, -0.2) is 0 Å². The molecule has 174 valence electrons. The maximum absolute atomic E-state index is 13.4. The van der Waals surface area contributed by atoms with E-state index >= 15 is 0 Å². The Kier molecular flexibility index (Phi) is 5.81. The zero-order valence-electron chi connectivity index (χ0n) is 19.2. The highest BCUT2D eigenvalue weighted by molar-refractivity contribution is 7.14. The second-order valence-corrected chi connectivity index (χ2v) is 12.2. The molecule has 3 amide bonds. The van der Waals surface area contributed by atoms with Crippen LogP contribution in [0.5, 0.6) is 0 Å². The van der Waals surface area contributed by atoms with Crippen molar-refractivity contribution in [1.82, 2.24) is 16.2 Å². The van der Waals surface area contributed by atoms with Gasteiger partial charge in [-0.2, -0.15) is 0 Å². The fourth-order valence-corrected chi connectivity index (χ4v) is 8.23. The van der Waals surface area contributed by atoms with Crippen molar-refractivity contribution >= 4 is 29.1 Å². The molecular formula is C25H35N3O3S. The van der Waals surface area contributed by atoms with Gasteiger partial charge in [-0.3, -0.25) is 25.2 Å². The quantitative estimate of drug-likeness (QED) is 0.589. The van der Waals surface area contributed by atoms with Crippen molar-refractivity contribution in [3.63, 3.8) is 0 Å². The van der Waals surface area contributed by atoms with Crippen LogP contribution in [-0.2, 0) is 22.4 Å². The Balaban J connectivity index is 1.20. The zero-order chi connectivity index (χ0) is 22.5. The standard InChI is InChI=1S/C25H35N3O3S/c1-14(2)21(26-24(31)25-11-15-7-16(12-25)9-17(8-15)13-25)23(30)28-27-22(29)20-10-18-5-3-4-6-19(18)32-20/h10,14-17,21H,3-9,11-13H2,1-2H3,(H,26,31)(H,27,29)(H,28,30). The van der Waals surface area contributed by atoms with Crippen LogP contribution in [0.2, 0.25) is 0 Å². The highest BCUT2D eigenvalue weighted by Crippen LogP contribution is 2.60. The first kappa shape index (κ1) is 21.9. The number of amides is 3. The Morgan fingerprint density at radius 1 is 0.969 bits per heavy atom. The maximum Gasteiger partial charge on any atom is 0.279 e. The third kappa shape index (κ3) is 4.09. The maximum atomic E-state index is 13.4. The van der Waals surface area contributed by atoms with Gasteiger partial charge in [0, 0.05) is 10.3 Å². The molecule has 5 aliphatic rings. The lowest BCUT2D eigenvalue weighted by Crippen LogP contribution is -2.59. The minimum absolute atomic E-state index is 0.0442. The van der Waals surface area contributed by atoms with E-state index in [4.69, 9.17) is 0 Å². The number of hydrogen-bond acceptors (Lipinski definition) is 4. The molecule has 4 fully saturated rings. The van der Waals surface area contributed by atoms with Crippen molar-refractivity contribution in [1.29, 1.82) is 0 Å². The molecule has 4 saturated carbocycles. The number of fused-ring (bicyclic) bond motifs is 1. The second-order valence-electron chi connectivity index (χ2n) is 11.1. The Labute approximate surface area is 194 Å². The summed E-state index contributed by atoms with van der Waals surface area (Å²) in [6.07, 6.45) is 11.1. The van der Waals surface area contributed by atoms with Crippen molar-refractivity contribution < 1.29 is 14.4 Å². The molecule has 1 aromatic rings. The first-order valence-corrected chi connectivity index (χ1v) is 13.2. The molecule has 1 aromatic heterocycles. The highest BCUT2D eigenvalue weighted by atomic mass is 32.1. The van der Waals surface area contributed by atoms with Gasteiger partial charge in [0.25, 0.3) is 11.8 Å². The van der Waals surface area contributed by atoms with E-state index in [0.29, 0.717) is 22.6 Å². The molecule has 0 saturated heterocycles.